The van der Waals surface area contributed by atoms with Gasteiger partial charge in [0.1, 0.15) is 0 Å². The average Bonchev–Trinajstić information content (AvgIpc) is 2.33. The van der Waals surface area contributed by atoms with Crippen LogP contribution in [0.2, 0.25) is 0 Å². The molecule has 0 spiro atoms. The first kappa shape index (κ1) is 12.8. The van der Waals surface area contributed by atoms with Crippen molar-refractivity contribution in [1.29, 1.82) is 0 Å². The second-order valence-corrected chi connectivity index (χ2v) is 4.93. The van der Waals surface area contributed by atoms with Crippen molar-refractivity contribution < 1.29 is 9.90 Å². The van der Waals surface area contributed by atoms with Crippen LogP contribution in [0.1, 0.15) is 18.9 Å². The normalized spacial score (nSPS) is 23.2. The van der Waals surface area contributed by atoms with E-state index in [-0.39, 0.29) is 0 Å². The fourth-order valence-corrected chi connectivity index (χ4v) is 2.49. The van der Waals surface area contributed by atoms with E-state index in [2.05, 4.69) is 36.1 Å². The van der Waals surface area contributed by atoms with Gasteiger partial charge in [0.05, 0.1) is 0 Å². The van der Waals surface area contributed by atoms with Gasteiger partial charge in [0.25, 0.3) is 0 Å². The van der Waals surface area contributed by atoms with E-state index in [0.717, 1.165) is 31.6 Å². The lowest BCUT2D eigenvalue weighted by Gasteiger charge is -2.32. The summed E-state index contributed by atoms with van der Waals surface area (Å²) in [4.78, 5) is 13.1. The summed E-state index contributed by atoms with van der Waals surface area (Å²) in [6.45, 7) is 4.93. The van der Waals surface area contributed by atoms with Gasteiger partial charge in [0.15, 0.2) is 0 Å². The topological polar surface area (TPSA) is 40.5 Å². The highest BCUT2D eigenvalue weighted by atomic mass is 16.4. The van der Waals surface area contributed by atoms with Crippen molar-refractivity contribution in [2.75, 3.05) is 13.1 Å². The Hall–Kier alpha value is -1.61. The third-order valence-electron chi connectivity index (χ3n) is 3.44. The SMILES string of the molecule is CC1CN(Cc2ccccc2)CCC1=CC(=O)O. The molecule has 0 amide bonds. The molecule has 1 heterocycles. The lowest BCUT2D eigenvalue weighted by molar-refractivity contribution is -0.131. The van der Waals surface area contributed by atoms with E-state index in [9.17, 15) is 4.79 Å². The van der Waals surface area contributed by atoms with Crippen molar-refractivity contribution in [2.24, 2.45) is 5.92 Å². The Kier molecular flexibility index (Phi) is 4.15. The molecule has 1 fully saturated rings. The third-order valence-corrected chi connectivity index (χ3v) is 3.44. The van der Waals surface area contributed by atoms with E-state index in [1.54, 1.807) is 0 Å². The molecule has 3 nitrogen and oxygen atoms in total. The second-order valence-electron chi connectivity index (χ2n) is 4.93. The molecule has 1 N–H and O–H groups in total. The summed E-state index contributed by atoms with van der Waals surface area (Å²) in [5.74, 6) is -0.494. The van der Waals surface area contributed by atoms with Crippen molar-refractivity contribution in [3.8, 4) is 0 Å². The van der Waals surface area contributed by atoms with E-state index in [1.807, 2.05) is 6.07 Å². The maximum atomic E-state index is 10.7. The van der Waals surface area contributed by atoms with E-state index >= 15 is 0 Å². The van der Waals surface area contributed by atoms with Gasteiger partial charge in [-0.05, 0) is 17.9 Å². The summed E-state index contributed by atoms with van der Waals surface area (Å²) in [6.07, 6.45) is 2.24. The van der Waals surface area contributed by atoms with Crippen molar-refractivity contribution in [3.63, 3.8) is 0 Å². The number of carbonyl (C=O) groups is 1. The quantitative estimate of drug-likeness (QED) is 0.832. The monoisotopic (exact) mass is 245 g/mol. The molecule has 1 aromatic carbocycles. The number of piperidine rings is 1. The van der Waals surface area contributed by atoms with Gasteiger partial charge in [-0.3, -0.25) is 4.90 Å². The highest BCUT2D eigenvalue weighted by Gasteiger charge is 2.21. The molecule has 0 radical (unpaired) electrons. The van der Waals surface area contributed by atoms with Crippen LogP contribution in [0.4, 0.5) is 0 Å². The standard InChI is InChI=1S/C15H19NO2/c1-12-10-16(8-7-14(12)9-15(17)18)11-13-5-3-2-4-6-13/h2-6,9,12H,7-8,10-11H2,1H3,(H,17,18). The Morgan fingerprint density at radius 2 is 2.17 bits per heavy atom. The van der Waals surface area contributed by atoms with Crippen LogP contribution < -0.4 is 0 Å². The summed E-state index contributed by atoms with van der Waals surface area (Å²) < 4.78 is 0. The summed E-state index contributed by atoms with van der Waals surface area (Å²) in [6, 6.07) is 10.4. The number of nitrogens with zero attached hydrogens (tertiary/aromatic N) is 1. The first-order valence-corrected chi connectivity index (χ1v) is 6.35. The van der Waals surface area contributed by atoms with Crippen molar-refractivity contribution in [1.82, 2.24) is 4.90 Å². The molecule has 1 atom stereocenters. The Labute approximate surface area is 108 Å². The Morgan fingerprint density at radius 3 is 2.78 bits per heavy atom. The molecule has 1 aliphatic rings. The number of hydrogen-bond acceptors (Lipinski definition) is 2. The Morgan fingerprint density at radius 1 is 1.44 bits per heavy atom. The van der Waals surface area contributed by atoms with Crippen LogP contribution in [-0.4, -0.2) is 29.1 Å². The maximum absolute atomic E-state index is 10.7. The third kappa shape index (κ3) is 3.44. The molecule has 1 unspecified atom stereocenters. The van der Waals surface area contributed by atoms with Crippen molar-refractivity contribution in [3.05, 3.63) is 47.5 Å². The minimum atomic E-state index is -0.826. The molecule has 0 saturated carbocycles. The number of hydrogen-bond donors (Lipinski definition) is 1. The lowest BCUT2D eigenvalue weighted by Crippen LogP contribution is -2.35. The molecule has 2 rings (SSSR count). The van der Waals surface area contributed by atoms with Crippen LogP contribution >= 0.6 is 0 Å². The average molecular weight is 245 g/mol. The van der Waals surface area contributed by atoms with E-state index < -0.39 is 5.97 Å². The number of rotatable bonds is 3. The largest absolute Gasteiger partial charge is 0.478 e. The molecule has 1 aliphatic heterocycles. The first-order chi connectivity index (χ1) is 8.65. The maximum Gasteiger partial charge on any atom is 0.328 e. The highest BCUT2D eigenvalue weighted by molar-refractivity contribution is 5.80. The molecule has 96 valence electrons. The van der Waals surface area contributed by atoms with Crippen LogP contribution in [0.15, 0.2) is 42.0 Å². The van der Waals surface area contributed by atoms with E-state index in [1.165, 1.54) is 11.6 Å². The zero-order valence-electron chi connectivity index (χ0n) is 10.7. The first-order valence-electron chi connectivity index (χ1n) is 6.35. The smallest absolute Gasteiger partial charge is 0.328 e. The van der Waals surface area contributed by atoms with Crippen LogP contribution in [0.25, 0.3) is 0 Å². The highest BCUT2D eigenvalue weighted by Crippen LogP contribution is 2.23. The molecule has 0 aliphatic carbocycles. The van der Waals surface area contributed by atoms with Crippen molar-refractivity contribution >= 4 is 5.97 Å². The van der Waals surface area contributed by atoms with Gasteiger partial charge in [-0.2, -0.15) is 0 Å². The molecular formula is C15H19NO2. The van der Waals surface area contributed by atoms with Gasteiger partial charge in [-0.1, -0.05) is 42.8 Å². The minimum absolute atomic E-state index is 0.332. The molecular weight excluding hydrogens is 226 g/mol. The molecule has 0 aromatic heterocycles. The number of carboxylic acid groups (broad SMARTS) is 1. The number of carboxylic acids is 1. The van der Waals surface area contributed by atoms with Gasteiger partial charge in [-0.15, -0.1) is 0 Å². The van der Waals surface area contributed by atoms with Crippen molar-refractivity contribution in [2.45, 2.75) is 19.9 Å². The summed E-state index contributed by atoms with van der Waals surface area (Å²) in [7, 11) is 0. The summed E-state index contributed by atoms with van der Waals surface area (Å²) in [5, 5.41) is 8.79. The fraction of sp³-hybridized carbons (Fsp3) is 0.400. The van der Waals surface area contributed by atoms with Gasteiger partial charge in [0, 0.05) is 25.7 Å². The molecule has 1 saturated heterocycles. The van der Waals surface area contributed by atoms with Gasteiger partial charge in [0.2, 0.25) is 0 Å². The van der Waals surface area contributed by atoms with Gasteiger partial charge < -0.3 is 5.11 Å². The summed E-state index contributed by atoms with van der Waals surface area (Å²) >= 11 is 0. The van der Waals surface area contributed by atoms with Crippen LogP contribution in [-0.2, 0) is 11.3 Å². The van der Waals surface area contributed by atoms with Crippen LogP contribution in [0, 0.1) is 5.92 Å². The molecule has 0 bridgehead atoms. The Bertz CT molecular complexity index is 439. The van der Waals surface area contributed by atoms with E-state index in [4.69, 9.17) is 5.11 Å². The predicted octanol–water partition coefficient (Wildman–Crippen LogP) is 2.54. The number of aliphatic carboxylic acids is 1. The molecule has 3 heteroatoms. The summed E-state index contributed by atoms with van der Waals surface area (Å²) in [5.41, 5.74) is 2.38. The van der Waals surface area contributed by atoms with Crippen LogP contribution in [0.5, 0.6) is 0 Å². The Balaban J connectivity index is 1.94. The molecule has 1 aromatic rings. The predicted molar refractivity (Wildman–Crippen MR) is 71.2 cm³/mol. The zero-order chi connectivity index (χ0) is 13.0. The van der Waals surface area contributed by atoms with Gasteiger partial charge in [-0.25, -0.2) is 4.79 Å². The lowest BCUT2D eigenvalue weighted by atomic mass is 9.92. The van der Waals surface area contributed by atoms with E-state index in [0.29, 0.717) is 5.92 Å². The second kappa shape index (κ2) is 5.83. The fourth-order valence-electron chi connectivity index (χ4n) is 2.49. The zero-order valence-corrected chi connectivity index (χ0v) is 10.7. The number of likely N-dealkylation sites (tertiary alicyclic amines) is 1. The van der Waals surface area contributed by atoms with Crippen LogP contribution in [0.3, 0.4) is 0 Å². The minimum Gasteiger partial charge on any atom is -0.478 e. The van der Waals surface area contributed by atoms with Gasteiger partial charge >= 0.3 is 5.97 Å². The number of benzene rings is 1. The molecule has 18 heavy (non-hydrogen) atoms.